The Bertz CT molecular complexity index is 473. The van der Waals surface area contributed by atoms with Crippen molar-refractivity contribution in [3.63, 3.8) is 0 Å². The van der Waals surface area contributed by atoms with Gasteiger partial charge in [-0.3, -0.25) is 13.8 Å². The lowest BCUT2D eigenvalue weighted by Crippen LogP contribution is -2.31. The molecule has 0 aliphatic heterocycles. The SMILES string of the molecule is CNC(=O)CS(=O)C(C)C(=O)c1ccc(Br)cc1. The summed E-state index contributed by atoms with van der Waals surface area (Å²) in [6, 6.07) is 6.84. The van der Waals surface area contributed by atoms with Crippen molar-refractivity contribution in [1.82, 2.24) is 5.32 Å². The lowest BCUT2D eigenvalue weighted by molar-refractivity contribution is -0.118. The van der Waals surface area contributed by atoms with Gasteiger partial charge in [0.25, 0.3) is 0 Å². The van der Waals surface area contributed by atoms with Gasteiger partial charge >= 0.3 is 0 Å². The van der Waals surface area contributed by atoms with Gasteiger partial charge in [-0.15, -0.1) is 0 Å². The summed E-state index contributed by atoms with van der Waals surface area (Å²) in [5.74, 6) is -0.701. The fourth-order valence-corrected chi connectivity index (χ4v) is 2.59. The molecular weight excluding hydrogens is 318 g/mol. The number of nitrogens with one attached hydrogen (secondary N) is 1. The summed E-state index contributed by atoms with van der Waals surface area (Å²) in [6.45, 7) is 1.57. The summed E-state index contributed by atoms with van der Waals surface area (Å²) in [5.41, 5.74) is 0.496. The quantitative estimate of drug-likeness (QED) is 0.832. The van der Waals surface area contributed by atoms with Crippen LogP contribution in [0.5, 0.6) is 0 Å². The van der Waals surface area contributed by atoms with Gasteiger partial charge in [0.15, 0.2) is 5.78 Å². The first kappa shape index (κ1) is 15.0. The lowest BCUT2D eigenvalue weighted by atomic mass is 10.1. The molecule has 4 nitrogen and oxygen atoms in total. The summed E-state index contributed by atoms with van der Waals surface area (Å²) < 4.78 is 12.7. The average molecular weight is 332 g/mol. The summed E-state index contributed by atoms with van der Waals surface area (Å²) in [5, 5.41) is 1.70. The molecule has 98 valence electrons. The molecule has 1 rings (SSSR count). The molecule has 0 aliphatic carbocycles. The van der Waals surface area contributed by atoms with Crippen LogP contribution in [0.2, 0.25) is 0 Å². The predicted octanol–water partition coefficient (Wildman–Crippen LogP) is 1.52. The number of hydrogen-bond acceptors (Lipinski definition) is 3. The molecule has 1 aromatic carbocycles. The maximum atomic E-state index is 12.0. The Morgan fingerprint density at radius 2 is 1.89 bits per heavy atom. The number of rotatable bonds is 5. The standard InChI is InChI=1S/C12H14BrNO3S/c1-8(18(17)7-11(15)14-2)12(16)9-3-5-10(13)6-4-9/h3-6,8H,7H2,1-2H3,(H,14,15). The number of Topliss-reactive ketones (excluding diaryl/α,β-unsaturated/α-hetero) is 1. The van der Waals surface area contributed by atoms with E-state index < -0.39 is 16.0 Å². The summed E-state index contributed by atoms with van der Waals surface area (Å²) in [6.07, 6.45) is 0. The van der Waals surface area contributed by atoms with Gasteiger partial charge in [-0.2, -0.15) is 0 Å². The molecule has 0 fully saturated rings. The van der Waals surface area contributed by atoms with Gasteiger partial charge in [0, 0.05) is 27.9 Å². The van der Waals surface area contributed by atoms with Crippen LogP contribution >= 0.6 is 15.9 Å². The van der Waals surface area contributed by atoms with Gasteiger partial charge in [0.1, 0.15) is 5.75 Å². The fourth-order valence-electron chi connectivity index (χ4n) is 1.29. The number of carbonyl (C=O) groups is 2. The van der Waals surface area contributed by atoms with E-state index in [4.69, 9.17) is 0 Å². The second kappa shape index (κ2) is 6.80. The normalized spacial score (nSPS) is 13.7. The van der Waals surface area contributed by atoms with Crippen molar-refractivity contribution in [3.8, 4) is 0 Å². The van der Waals surface area contributed by atoms with E-state index in [1.54, 1.807) is 31.2 Å². The second-order valence-corrected chi connectivity index (χ2v) is 6.38. The molecule has 0 saturated carbocycles. The molecule has 0 aromatic heterocycles. The third-order valence-electron chi connectivity index (χ3n) is 2.44. The maximum Gasteiger partial charge on any atom is 0.232 e. The van der Waals surface area contributed by atoms with Gasteiger partial charge < -0.3 is 5.32 Å². The van der Waals surface area contributed by atoms with Crippen LogP contribution in [0.1, 0.15) is 17.3 Å². The topological polar surface area (TPSA) is 63.2 Å². The zero-order valence-corrected chi connectivity index (χ0v) is 12.5. The molecule has 2 unspecified atom stereocenters. The Hall–Kier alpha value is -1.01. The molecule has 0 bridgehead atoms. The van der Waals surface area contributed by atoms with Crippen molar-refractivity contribution in [2.75, 3.05) is 12.8 Å². The third kappa shape index (κ3) is 4.03. The Morgan fingerprint density at radius 3 is 2.39 bits per heavy atom. The van der Waals surface area contributed by atoms with Crippen LogP contribution < -0.4 is 5.32 Å². The van der Waals surface area contributed by atoms with Crippen molar-refractivity contribution in [3.05, 3.63) is 34.3 Å². The third-order valence-corrected chi connectivity index (χ3v) is 4.52. The van der Waals surface area contributed by atoms with Crippen molar-refractivity contribution in [2.45, 2.75) is 12.2 Å². The molecule has 0 spiro atoms. The number of benzene rings is 1. The predicted molar refractivity (Wildman–Crippen MR) is 75.0 cm³/mol. The zero-order valence-electron chi connectivity index (χ0n) is 10.1. The molecular formula is C12H14BrNO3S. The van der Waals surface area contributed by atoms with Crippen molar-refractivity contribution >= 4 is 38.4 Å². The molecule has 6 heteroatoms. The highest BCUT2D eigenvalue weighted by molar-refractivity contribution is 9.10. The highest BCUT2D eigenvalue weighted by atomic mass is 79.9. The van der Waals surface area contributed by atoms with Crippen molar-refractivity contribution in [2.24, 2.45) is 0 Å². The van der Waals surface area contributed by atoms with Crippen LogP contribution in [-0.2, 0) is 15.6 Å². The molecule has 1 amide bonds. The molecule has 0 radical (unpaired) electrons. The Balaban J connectivity index is 2.74. The number of amides is 1. The summed E-state index contributed by atoms with van der Waals surface area (Å²) >= 11 is 3.28. The number of halogens is 1. The molecule has 18 heavy (non-hydrogen) atoms. The number of ketones is 1. The van der Waals surface area contributed by atoms with E-state index in [1.165, 1.54) is 7.05 Å². The van der Waals surface area contributed by atoms with Crippen LogP contribution in [0.4, 0.5) is 0 Å². The highest BCUT2D eigenvalue weighted by Gasteiger charge is 2.22. The Morgan fingerprint density at radius 1 is 1.33 bits per heavy atom. The van der Waals surface area contributed by atoms with E-state index in [0.717, 1.165) is 4.47 Å². The largest absolute Gasteiger partial charge is 0.358 e. The van der Waals surface area contributed by atoms with E-state index >= 15 is 0 Å². The minimum absolute atomic E-state index is 0.153. The van der Waals surface area contributed by atoms with Gasteiger partial charge in [-0.05, 0) is 19.1 Å². The first-order chi connectivity index (χ1) is 8.45. The minimum atomic E-state index is -1.50. The van der Waals surface area contributed by atoms with Crippen LogP contribution in [0.25, 0.3) is 0 Å². The average Bonchev–Trinajstić information content (AvgIpc) is 2.37. The molecule has 2 atom stereocenters. The van der Waals surface area contributed by atoms with E-state index in [1.807, 2.05) is 0 Å². The smallest absolute Gasteiger partial charge is 0.232 e. The van der Waals surface area contributed by atoms with Crippen LogP contribution in [-0.4, -0.2) is 33.9 Å². The lowest BCUT2D eigenvalue weighted by Gasteiger charge is -2.10. The first-order valence-corrected chi connectivity index (χ1v) is 7.50. The monoisotopic (exact) mass is 331 g/mol. The van der Waals surface area contributed by atoms with Crippen LogP contribution in [0, 0.1) is 0 Å². The summed E-state index contributed by atoms with van der Waals surface area (Å²) in [4.78, 5) is 23.1. The van der Waals surface area contributed by atoms with Crippen LogP contribution in [0.3, 0.4) is 0 Å². The molecule has 1 N–H and O–H groups in total. The first-order valence-electron chi connectivity index (χ1n) is 5.33. The molecule has 0 aliphatic rings. The van der Waals surface area contributed by atoms with E-state index in [-0.39, 0.29) is 17.4 Å². The van der Waals surface area contributed by atoms with Crippen LogP contribution in [0.15, 0.2) is 28.7 Å². The van der Waals surface area contributed by atoms with Gasteiger partial charge in [-0.1, -0.05) is 28.1 Å². The second-order valence-electron chi connectivity index (χ2n) is 3.71. The minimum Gasteiger partial charge on any atom is -0.358 e. The van der Waals surface area contributed by atoms with Gasteiger partial charge in [0.05, 0.1) is 5.25 Å². The Labute approximate surface area is 117 Å². The molecule has 0 saturated heterocycles. The molecule has 1 aromatic rings. The fraction of sp³-hybridized carbons (Fsp3) is 0.333. The Kier molecular flexibility index (Phi) is 5.68. The highest BCUT2D eigenvalue weighted by Crippen LogP contribution is 2.13. The molecule has 0 heterocycles. The van der Waals surface area contributed by atoms with Crippen molar-refractivity contribution in [1.29, 1.82) is 0 Å². The maximum absolute atomic E-state index is 12.0. The summed E-state index contributed by atoms with van der Waals surface area (Å²) in [7, 11) is -0.0310. The zero-order chi connectivity index (χ0) is 13.7. The van der Waals surface area contributed by atoms with Gasteiger partial charge in [-0.25, -0.2) is 0 Å². The van der Waals surface area contributed by atoms with E-state index in [2.05, 4.69) is 21.2 Å². The van der Waals surface area contributed by atoms with E-state index in [0.29, 0.717) is 5.56 Å². The number of carbonyl (C=O) groups excluding carboxylic acids is 2. The van der Waals surface area contributed by atoms with E-state index in [9.17, 15) is 13.8 Å². The van der Waals surface area contributed by atoms with Crippen molar-refractivity contribution < 1.29 is 13.8 Å². The van der Waals surface area contributed by atoms with Gasteiger partial charge in [0.2, 0.25) is 5.91 Å². The number of hydrogen-bond donors (Lipinski definition) is 1.